The van der Waals surface area contributed by atoms with E-state index in [-0.39, 0.29) is 12.1 Å². The van der Waals surface area contributed by atoms with Crippen molar-refractivity contribution in [2.24, 2.45) is 0 Å². The summed E-state index contributed by atoms with van der Waals surface area (Å²) >= 11 is 0. The van der Waals surface area contributed by atoms with Crippen LogP contribution >= 0.6 is 0 Å². The summed E-state index contributed by atoms with van der Waals surface area (Å²) in [6.07, 6.45) is 4.79. The Morgan fingerprint density at radius 3 is 2.91 bits per heavy atom. The zero-order chi connectivity index (χ0) is 16.2. The van der Waals surface area contributed by atoms with Crippen LogP contribution in [0.1, 0.15) is 31.4 Å². The first-order valence-electron chi connectivity index (χ1n) is 7.90. The molecule has 2 amide bonds. The van der Waals surface area contributed by atoms with E-state index in [1.54, 1.807) is 12.3 Å². The maximum atomic E-state index is 12.1. The number of oxazole rings is 1. The van der Waals surface area contributed by atoms with Gasteiger partial charge in [-0.2, -0.15) is 0 Å². The number of benzene rings is 1. The zero-order valence-electron chi connectivity index (χ0n) is 13.1. The maximum Gasteiger partial charge on any atom is 0.319 e. The van der Waals surface area contributed by atoms with E-state index < -0.39 is 6.10 Å². The molecule has 3 N–H and O–H groups in total. The van der Waals surface area contributed by atoms with Gasteiger partial charge in [0.05, 0.1) is 18.3 Å². The minimum Gasteiger partial charge on any atom is -0.441 e. The quantitative estimate of drug-likeness (QED) is 0.812. The number of aryl methyl sites for hydroxylation is 1. The van der Waals surface area contributed by atoms with E-state index in [1.807, 2.05) is 25.1 Å². The molecule has 0 bridgehead atoms. The van der Waals surface area contributed by atoms with Crippen LogP contribution in [-0.2, 0) is 0 Å². The molecule has 1 aliphatic carbocycles. The summed E-state index contributed by atoms with van der Waals surface area (Å²) in [5.41, 5.74) is 1.45. The van der Waals surface area contributed by atoms with Crippen LogP contribution in [0.2, 0.25) is 0 Å². The van der Waals surface area contributed by atoms with Crippen LogP contribution < -0.4 is 10.6 Å². The van der Waals surface area contributed by atoms with E-state index in [9.17, 15) is 9.90 Å². The molecule has 1 aromatic carbocycles. The van der Waals surface area contributed by atoms with Gasteiger partial charge in [-0.15, -0.1) is 0 Å². The largest absolute Gasteiger partial charge is 0.441 e. The molecular weight excluding hydrogens is 294 g/mol. The summed E-state index contributed by atoms with van der Waals surface area (Å²) in [4.78, 5) is 16.3. The van der Waals surface area contributed by atoms with Gasteiger partial charge in [0.1, 0.15) is 5.76 Å². The van der Waals surface area contributed by atoms with Crippen LogP contribution in [0.5, 0.6) is 0 Å². The lowest BCUT2D eigenvalue weighted by Gasteiger charge is -2.28. The predicted octanol–water partition coefficient (Wildman–Crippen LogP) is 3.08. The number of amides is 2. The summed E-state index contributed by atoms with van der Waals surface area (Å²) in [5.74, 6) is 1.26. The molecule has 1 fully saturated rings. The van der Waals surface area contributed by atoms with Crippen LogP contribution in [0.25, 0.3) is 11.5 Å². The van der Waals surface area contributed by atoms with E-state index in [0.29, 0.717) is 11.6 Å². The van der Waals surface area contributed by atoms with Gasteiger partial charge in [-0.25, -0.2) is 9.78 Å². The van der Waals surface area contributed by atoms with Crippen LogP contribution in [0, 0.1) is 6.92 Å². The number of carbonyl (C=O) groups is 1. The molecular formula is C17H21N3O3. The average molecular weight is 315 g/mol. The molecule has 2 unspecified atom stereocenters. The predicted molar refractivity (Wildman–Crippen MR) is 87.1 cm³/mol. The standard InChI is InChI=1S/C17H21N3O3/c1-11-10-18-16(23-11)12-5-4-6-13(9-12)19-17(22)20-14-7-2-3-8-15(14)21/h4-6,9-10,14-15,21H,2-3,7-8H2,1H3,(H2,19,20,22). The Balaban J connectivity index is 1.64. The summed E-state index contributed by atoms with van der Waals surface area (Å²) in [7, 11) is 0. The number of rotatable bonds is 3. The smallest absolute Gasteiger partial charge is 0.319 e. The van der Waals surface area contributed by atoms with E-state index in [0.717, 1.165) is 37.0 Å². The second-order valence-electron chi connectivity index (χ2n) is 5.91. The molecule has 2 aromatic rings. The number of nitrogens with one attached hydrogen (secondary N) is 2. The van der Waals surface area contributed by atoms with Crippen molar-refractivity contribution < 1.29 is 14.3 Å². The molecule has 2 atom stereocenters. The lowest BCUT2D eigenvalue weighted by molar-refractivity contribution is 0.0955. The van der Waals surface area contributed by atoms with Crippen molar-refractivity contribution in [1.29, 1.82) is 0 Å². The number of carbonyl (C=O) groups excluding carboxylic acids is 1. The Morgan fingerprint density at radius 2 is 2.17 bits per heavy atom. The summed E-state index contributed by atoms with van der Waals surface area (Å²) < 4.78 is 5.49. The highest BCUT2D eigenvalue weighted by atomic mass is 16.4. The fourth-order valence-corrected chi connectivity index (χ4v) is 2.83. The first-order chi connectivity index (χ1) is 11.1. The van der Waals surface area contributed by atoms with Gasteiger partial charge in [-0.3, -0.25) is 0 Å². The van der Waals surface area contributed by atoms with Crippen molar-refractivity contribution in [1.82, 2.24) is 10.3 Å². The molecule has 1 aliphatic rings. The molecule has 0 saturated heterocycles. The van der Waals surface area contributed by atoms with Gasteiger partial charge in [0.25, 0.3) is 0 Å². The summed E-state index contributed by atoms with van der Waals surface area (Å²) in [6, 6.07) is 6.83. The number of aliphatic hydroxyl groups is 1. The molecule has 6 heteroatoms. The van der Waals surface area contributed by atoms with Gasteiger partial charge in [-0.1, -0.05) is 18.9 Å². The topological polar surface area (TPSA) is 87.4 Å². The lowest BCUT2D eigenvalue weighted by atomic mass is 9.93. The minimum absolute atomic E-state index is 0.179. The number of hydrogen-bond acceptors (Lipinski definition) is 4. The highest BCUT2D eigenvalue weighted by Crippen LogP contribution is 2.22. The number of aliphatic hydroxyl groups excluding tert-OH is 1. The first kappa shape index (κ1) is 15.6. The van der Waals surface area contributed by atoms with Crippen molar-refractivity contribution in [3.63, 3.8) is 0 Å². The van der Waals surface area contributed by atoms with E-state index >= 15 is 0 Å². The van der Waals surface area contributed by atoms with Crippen molar-refractivity contribution in [2.75, 3.05) is 5.32 Å². The monoisotopic (exact) mass is 315 g/mol. The third kappa shape index (κ3) is 3.90. The highest BCUT2D eigenvalue weighted by Gasteiger charge is 2.24. The zero-order valence-corrected chi connectivity index (χ0v) is 13.1. The Morgan fingerprint density at radius 1 is 1.35 bits per heavy atom. The van der Waals surface area contributed by atoms with Gasteiger partial charge in [0.2, 0.25) is 5.89 Å². The molecule has 1 aromatic heterocycles. The Hall–Kier alpha value is -2.34. The first-order valence-corrected chi connectivity index (χ1v) is 7.90. The van der Waals surface area contributed by atoms with Crippen LogP contribution in [-0.4, -0.2) is 28.3 Å². The molecule has 6 nitrogen and oxygen atoms in total. The van der Waals surface area contributed by atoms with Gasteiger partial charge in [0.15, 0.2) is 0 Å². The number of nitrogens with zero attached hydrogens (tertiary/aromatic N) is 1. The maximum absolute atomic E-state index is 12.1. The number of urea groups is 1. The van der Waals surface area contributed by atoms with Crippen molar-refractivity contribution in [2.45, 2.75) is 44.8 Å². The van der Waals surface area contributed by atoms with Crippen LogP contribution in [0.3, 0.4) is 0 Å². The lowest BCUT2D eigenvalue weighted by Crippen LogP contribution is -2.46. The van der Waals surface area contributed by atoms with Gasteiger partial charge in [-0.05, 0) is 38.0 Å². The molecule has 0 radical (unpaired) electrons. The molecule has 122 valence electrons. The van der Waals surface area contributed by atoms with Gasteiger partial charge in [0, 0.05) is 11.3 Å². The number of anilines is 1. The Bertz CT molecular complexity index is 683. The van der Waals surface area contributed by atoms with Crippen LogP contribution in [0.15, 0.2) is 34.9 Å². The molecule has 0 spiro atoms. The third-order valence-corrected chi connectivity index (χ3v) is 4.03. The van der Waals surface area contributed by atoms with Crippen molar-refractivity contribution in [3.8, 4) is 11.5 Å². The molecule has 3 rings (SSSR count). The van der Waals surface area contributed by atoms with Gasteiger partial charge < -0.3 is 20.2 Å². The summed E-state index contributed by atoms with van der Waals surface area (Å²) in [5, 5.41) is 15.6. The van der Waals surface area contributed by atoms with Gasteiger partial charge >= 0.3 is 6.03 Å². The Kier molecular flexibility index (Phi) is 4.62. The second-order valence-corrected chi connectivity index (χ2v) is 5.91. The van der Waals surface area contributed by atoms with E-state index in [4.69, 9.17) is 4.42 Å². The Labute approximate surface area is 134 Å². The van der Waals surface area contributed by atoms with E-state index in [1.165, 1.54) is 0 Å². The molecule has 0 aliphatic heterocycles. The molecule has 1 heterocycles. The molecule has 1 saturated carbocycles. The number of hydrogen-bond donors (Lipinski definition) is 3. The molecule has 23 heavy (non-hydrogen) atoms. The van der Waals surface area contributed by atoms with Crippen LogP contribution in [0.4, 0.5) is 10.5 Å². The fourth-order valence-electron chi connectivity index (χ4n) is 2.83. The average Bonchev–Trinajstić information content (AvgIpc) is 2.96. The fraction of sp³-hybridized carbons (Fsp3) is 0.412. The number of aromatic nitrogens is 1. The normalized spacial score (nSPS) is 21.0. The van der Waals surface area contributed by atoms with Crippen molar-refractivity contribution >= 4 is 11.7 Å². The van der Waals surface area contributed by atoms with Crippen molar-refractivity contribution in [3.05, 3.63) is 36.2 Å². The summed E-state index contributed by atoms with van der Waals surface area (Å²) in [6.45, 7) is 1.83. The van der Waals surface area contributed by atoms with E-state index in [2.05, 4.69) is 15.6 Å². The highest BCUT2D eigenvalue weighted by molar-refractivity contribution is 5.90. The minimum atomic E-state index is -0.462. The third-order valence-electron chi connectivity index (χ3n) is 4.03. The second kappa shape index (κ2) is 6.83. The SMILES string of the molecule is Cc1cnc(-c2cccc(NC(=O)NC3CCCCC3O)c2)o1.